The molecule has 0 atom stereocenters. The number of piperazine rings is 1. The topological polar surface area (TPSA) is 121 Å². The van der Waals surface area contributed by atoms with Gasteiger partial charge in [-0.15, -0.1) is 0 Å². The number of anilines is 1. The molecule has 0 unspecified atom stereocenters. The molecule has 10 nitrogen and oxygen atoms in total. The second kappa shape index (κ2) is 14.2. The van der Waals surface area contributed by atoms with Crippen LogP contribution in [0.25, 0.3) is 22.3 Å². The summed E-state index contributed by atoms with van der Waals surface area (Å²) in [6.07, 6.45) is 7.85. The number of rotatable bonds is 12. The van der Waals surface area contributed by atoms with Crippen molar-refractivity contribution in [2.45, 2.75) is 71.9 Å². The number of hydrogen-bond acceptors (Lipinski definition) is 9. The number of nitrogens with one attached hydrogen (secondary N) is 3. The molecule has 0 radical (unpaired) electrons. The first-order valence-electron chi connectivity index (χ1n) is 15.7. The summed E-state index contributed by atoms with van der Waals surface area (Å²) in [5.41, 5.74) is 4.21. The van der Waals surface area contributed by atoms with Crippen molar-refractivity contribution in [1.29, 1.82) is 5.41 Å². The first kappa shape index (κ1) is 30.1. The quantitative estimate of drug-likeness (QED) is 0.156. The monoisotopic (exact) mass is 574 g/mol. The van der Waals surface area contributed by atoms with Crippen LogP contribution < -0.4 is 10.6 Å². The van der Waals surface area contributed by atoms with Crippen molar-refractivity contribution in [1.82, 2.24) is 30.0 Å². The Morgan fingerprint density at radius 2 is 1.88 bits per heavy atom. The Hall–Kier alpha value is -3.37. The molecule has 3 N–H and O–H groups in total. The van der Waals surface area contributed by atoms with Crippen molar-refractivity contribution >= 4 is 28.7 Å². The van der Waals surface area contributed by atoms with Gasteiger partial charge in [0.1, 0.15) is 11.4 Å². The van der Waals surface area contributed by atoms with Gasteiger partial charge in [0, 0.05) is 56.9 Å². The number of carbonyl (C=O) groups excluding carboxylic acids is 1. The third-order valence-electron chi connectivity index (χ3n) is 8.51. The maximum atomic E-state index is 12.2. The van der Waals surface area contributed by atoms with Crippen LogP contribution in [0.15, 0.2) is 30.5 Å². The lowest BCUT2D eigenvalue weighted by Gasteiger charge is -2.28. The van der Waals surface area contributed by atoms with E-state index in [1.165, 1.54) is 5.56 Å². The summed E-state index contributed by atoms with van der Waals surface area (Å²) in [5, 5.41) is 20.8. The van der Waals surface area contributed by atoms with Gasteiger partial charge in [-0.25, -0.2) is 14.5 Å². The zero-order valence-electron chi connectivity index (χ0n) is 25.4. The maximum absolute atomic E-state index is 12.2. The van der Waals surface area contributed by atoms with Gasteiger partial charge in [-0.1, -0.05) is 51.5 Å². The lowest BCUT2D eigenvalue weighted by Crippen LogP contribution is -2.42. The van der Waals surface area contributed by atoms with Crippen LogP contribution in [0.5, 0.6) is 0 Å². The standard InChI is InChI=1S/C32H46N8O2/c1-4-5-14-35-32-36-19-27-29(25-10-6-23(7-11-25)20-39-17-15-34-16-18-39)38-40(30(27)37-32)26-12-8-24(9-13-26)21-42-31(41)28(33)22(2)3/h6-7,10-11,19,22,24,26,33-34H,4-5,8-9,12-18,20-21H2,1-3H3,(H,35,36,37). The van der Waals surface area contributed by atoms with E-state index in [-0.39, 0.29) is 17.7 Å². The molecular weight excluding hydrogens is 528 g/mol. The summed E-state index contributed by atoms with van der Waals surface area (Å²) in [6.45, 7) is 12.3. The average Bonchev–Trinajstić information content (AvgIpc) is 3.39. The molecule has 3 heterocycles. The predicted octanol–water partition coefficient (Wildman–Crippen LogP) is 5.06. The SMILES string of the molecule is CCCCNc1ncc2c(-c3ccc(CN4CCNCC4)cc3)nn(C3CCC(COC(=O)C(=N)C(C)C)CC3)c2n1. The van der Waals surface area contributed by atoms with Crippen LogP contribution in [0.4, 0.5) is 5.95 Å². The Kier molecular flexibility index (Phi) is 10.2. The highest BCUT2D eigenvalue weighted by Gasteiger charge is 2.28. The summed E-state index contributed by atoms with van der Waals surface area (Å²) >= 11 is 0. The van der Waals surface area contributed by atoms with Gasteiger partial charge in [-0.2, -0.15) is 10.1 Å². The summed E-state index contributed by atoms with van der Waals surface area (Å²) in [7, 11) is 0. The molecule has 0 bridgehead atoms. The maximum Gasteiger partial charge on any atom is 0.352 e. The number of ether oxygens (including phenoxy) is 1. The summed E-state index contributed by atoms with van der Waals surface area (Å²) in [6, 6.07) is 9.01. The molecule has 1 aliphatic carbocycles. The van der Waals surface area contributed by atoms with Crippen LogP contribution in [-0.4, -0.2) is 75.7 Å². The molecule has 0 spiro atoms. The van der Waals surface area contributed by atoms with Gasteiger partial charge in [0.2, 0.25) is 5.95 Å². The van der Waals surface area contributed by atoms with E-state index in [2.05, 4.69) is 56.4 Å². The van der Waals surface area contributed by atoms with E-state index in [1.54, 1.807) is 0 Å². The Morgan fingerprint density at radius 1 is 1.14 bits per heavy atom. The fourth-order valence-corrected chi connectivity index (χ4v) is 5.81. The Balaban J connectivity index is 1.33. The highest BCUT2D eigenvalue weighted by atomic mass is 16.5. The molecule has 42 heavy (non-hydrogen) atoms. The van der Waals surface area contributed by atoms with Crippen molar-refractivity contribution in [3.63, 3.8) is 0 Å². The first-order chi connectivity index (χ1) is 20.4. The minimum atomic E-state index is -0.492. The molecule has 1 aromatic carbocycles. The normalized spacial score (nSPS) is 19.7. The lowest BCUT2D eigenvalue weighted by atomic mass is 9.86. The van der Waals surface area contributed by atoms with E-state index >= 15 is 0 Å². The van der Waals surface area contributed by atoms with Crippen LogP contribution in [0, 0.1) is 17.2 Å². The van der Waals surface area contributed by atoms with Crippen molar-refractivity contribution in [3.05, 3.63) is 36.0 Å². The first-order valence-corrected chi connectivity index (χ1v) is 15.7. The molecule has 0 amide bonds. The zero-order chi connectivity index (χ0) is 29.5. The molecule has 226 valence electrons. The van der Waals surface area contributed by atoms with E-state index in [0.717, 1.165) is 100 Å². The van der Waals surface area contributed by atoms with Crippen molar-refractivity contribution in [2.75, 3.05) is 44.6 Å². The van der Waals surface area contributed by atoms with Crippen LogP contribution in [-0.2, 0) is 16.1 Å². The molecule has 3 aromatic rings. The number of aromatic nitrogens is 4. The number of benzene rings is 1. The van der Waals surface area contributed by atoms with Crippen molar-refractivity contribution in [2.24, 2.45) is 11.8 Å². The second-order valence-corrected chi connectivity index (χ2v) is 12.1. The number of hydrogen-bond donors (Lipinski definition) is 3. The van der Waals surface area contributed by atoms with Crippen LogP contribution in [0.3, 0.4) is 0 Å². The molecule has 1 saturated heterocycles. The number of carbonyl (C=O) groups is 1. The lowest BCUT2D eigenvalue weighted by molar-refractivity contribution is -0.137. The number of fused-ring (bicyclic) bond motifs is 1. The van der Waals surface area contributed by atoms with E-state index in [4.69, 9.17) is 20.2 Å². The minimum absolute atomic E-state index is 0.0408. The highest BCUT2D eigenvalue weighted by Crippen LogP contribution is 2.36. The van der Waals surface area contributed by atoms with Gasteiger partial charge in [0.25, 0.3) is 0 Å². The zero-order valence-corrected chi connectivity index (χ0v) is 25.4. The predicted molar refractivity (Wildman–Crippen MR) is 167 cm³/mol. The Bertz CT molecular complexity index is 1340. The average molecular weight is 575 g/mol. The number of esters is 1. The molecule has 5 rings (SSSR count). The van der Waals surface area contributed by atoms with Gasteiger partial charge in [-0.05, 0) is 43.6 Å². The summed E-state index contributed by atoms with van der Waals surface area (Å²) in [4.78, 5) is 24.2. The molecule has 2 fully saturated rings. The summed E-state index contributed by atoms with van der Waals surface area (Å²) < 4.78 is 7.59. The molecule has 1 saturated carbocycles. The smallest absolute Gasteiger partial charge is 0.352 e. The van der Waals surface area contributed by atoms with E-state index in [1.807, 2.05) is 20.0 Å². The summed E-state index contributed by atoms with van der Waals surface area (Å²) in [5.74, 6) is 0.328. The molecule has 1 aliphatic heterocycles. The van der Waals surface area contributed by atoms with E-state index in [0.29, 0.717) is 18.5 Å². The third-order valence-corrected chi connectivity index (χ3v) is 8.51. The largest absolute Gasteiger partial charge is 0.461 e. The fraction of sp³-hybridized carbons (Fsp3) is 0.594. The molecule has 2 aliphatic rings. The van der Waals surface area contributed by atoms with Crippen LogP contribution >= 0.6 is 0 Å². The van der Waals surface area contributed by atoms with Gasteiger partial charge in [0.05, 0.1) is 18.0 Å². The highest BCUT2D eigenvalue weighted by molar-refractivity contribution is 6.35. The molecular formula is C32H46N8O2. The van der Waals surface area contributed by atoms with Crippen molar-refractivity contribution in [3.8, 4) is 11.3 Å². The molecule has 10 heteroatoms. The van der Waals surface area contributed by atoms with Gasteiger partial charge >= 0.3 is 5.97 Å². The minimum Gasteiger partial charge on any atom is -0.461 e. The second-order valence-electron chi connectivity index (χ2n) is 12.1. The Morgan fingerprint density at radius 3 is 2.57 bits per heavy atom. The van der Waals surface area contributed by atoms with Gasteiger partial charge in [0.15, 0.2) is 5.65 Å². The number of unbranched alkanes of at least 4 members (excludes halogenated alkanes) is 1. The number of nitrogens with zero attached hydrogens (tertiary/aromatic N) is 5. The molecule has 2 aromatic heterocycles. The van der Waals surface area contributed by atoms with Crippen LogP contribution in [0.2, 0.25) is 0 Å². The third kappa shape index (κ3) is 7.33. The van der Waals surface area contributed by atoms with Gasteiger partial charge < -0.3 is 15.4 Å². The van der Waals surface area contributed by atoms with Crippen LogP contribution in [0.1, 0.15) is 70.9 Å². The van der Waals surface area contributed by atoms with Crippen molar-refractivity contribution < 1.29 is 9.53 Å². The van der Waals surface area contributed by atoms with Gasteiger partial charge in [-0.3, -0.25) is 10.3 Å². The van der Waals surface area contributed by atoms with E-state index < -0.39 is 5.97 Å². The fourth-order valence-electron chi connectivity index (χ4n) is 5.81. The Labute approximate surface area is 249 Å². The van der Waals surface area contributed by atoms with E-state index in [9.17, 15) is 4.79 Å².